The lowest BCUT2D eigenvalue weighted by Gasteiger charge is -2.30. The van der Waals surface area contributed by atoms with Crippen molar-refractivity contribution in [1.82, 2.24) is 14.9 Å². The molecule has 37 heavy (non-hydrogen) atoms. The highest BCUT2D eigenvalue weighted by Gasteiger charge is 2.54. The Balaban J connectivity index is 1.50. The Morgan fingerprint density at radius 2 is 1.95 bits per heavy atom. The molecule has 0 atom stereocenters. The summed E-state index contributed by atoms with van der Waals surface area (Å²) in [4.78, 5) is 1.20. The summed E-state index contributed by atoms with van der Waals surface area (Å²) in [5, 5.41) is 8.43. The second-order valence-electron chi connectivity index (χ2n) is 8.81. The summed E-state index contributed by atoms with van der Waals surface area (Å²) < 4.78 is 74.6. The summed E-state index contributed by atoms with van der Waals surface area (Å²) in [6.45, 7) is 0.443. The van der Waals surface area contributed by atoms with Crippen molar-refractivity contribution in [3.05, 3.63) is 54.4 Å². The fourth-order valence-electron chi connectivity index (χ4n) is 4.34. The average molecular weight is 534 g/mol. The van der Waals surface area contributed by atoms with Crippen molar-refractivity contribution in [1.29, 1.82) is 0 Å². The minimum Gasteiger partial charge on any atom is -0.496 e. The van der Waals surface area contributed by atoms with Gasteiger partial charge in [0.25, 0.3) is 16.4 Å². The molecule has 2 aromatic heterocycles. The van der Waals surface area contributed by atoms with Crippen molar-refractivity contribution < 1.29 is 31.2 Å². The Labute approximate surface area is 211 Å². The van der Waals surface area contributed by atoms with Crippen molar-refractivity contribution in [2.45, 2.75) is 36.2 Å². The maximum absolute atomic E-state index is 13.7. The van der Waals surface area contributed by atoms with Crippen molar-refractivity contribution in [3.8, 4) is 11.5 Å². The fourth-order valence-corrected chi connectivity index (χ4v) is 5.54. The monoisotopic (exact) mass is 533 g/mol. The Morgan fingerprint density at radius 3 is 2.57 bits per heavy atom. The van der Waals surface area contributed by atoms with E-state index in [-0.39, 0.29) is 16.5 Å². The Bertz CT molecular complexity index is 1530. The van der Waals surface area contributed by atoms with Crippen molar-refractivity contribution in [3.63, 3.8) is 0 Å². The van der Waals surface area contributed by atoms with Gasteiger partial charge in [0.15, 0.2) is 11.4 Å². The quantitative estimate of drug-likeness (QED) is 0.324. The number of methoxy groups -OCH3 is 2. The third-order valence-electron chi connectivity index (χ3n) is 6.61. The summed E-state index contributed by atoms with van der Waals surface area (Å²) in [7, 11) is 0.0366. The zero-order chi connectivity index (χ0) is 26.4. The van der Waals surface area contributed by atoms with Crippen molar-refractivity contribution in [2.75, 3.05) is 30.9 Å². The van der Waals surface area contributed by atoms with Gasteiger partial charge in [-0.25, -0.2) is 17.2 Å². The molecular weight excluding hydrogens is 508 g/mol. The molecule has 0 radical (unpaired) electrons. The second-order valence-corrected chi connectivity index (χ2v) is 10.5. The summed E-state index contributed by atoms with van der Waals surface area (Å²) >= 11 is 0. The number of aromatic nitrogens is 3. The Hall–Kier alpha value is -3.87. The van der Waals surface area contributed by atoms with Crippen LogP contribution in [0.2, 0.25) is 0 Å². The van der Waals surface area contributed by atoms with Crippen LogP contribution in [0.15, 0.2) is 58.2 Å². The van der Waals surface area contributed by atoms with E-state index in [0.717, 1.165) is 5.56 Å². The SMILES string of the molecule is COc1ccc(N(C)C2(C(F)F)CC2)cc1S(=O)(=O)Nc1noc2cc(Cn3cccn3)cc(OC)c12. The maximum atomic E-state index is 13.7. The molecule has 4 aromatic rings. The van der Waals surface area contributed by atoms with E-state index in [0.29, 0.717) is 41.8 Å². The highest BCUT2D eigenvalue weighted by Crippen LogP contribution is 2.48. The van der Waals surface area contributed by atoms with Crippen LogP contribution in [0, 0.1) is 0 Å². The van der Waals surface area contributed by atoms with Gasteiger partial charge in [-0.1, -0.05) is 5.16 Å². The van der Waals surface area contributed by atoms with Crippen LogP contribution >= 0.6 is 0 Å². The zero-order valence-electron chi connectivity index (χ0n) is 20.3. The topological polar surface area (TPSA) is 112 Å². The molecule has 5 rings (SSSR count). The molecular formula is C24H25F2N5O5S. The zero-order valence-corrected chi connectivity index (χ0v) is 21.1. The highest BCUT2D eigenvalue weighted by atomic mass is 32.2. The van der Waals surface area contributed by atoms with E-state index in [9.17, 15) is 17.2 Å². The number of alkyl halides is 2. The van der Waals surface area contributed by atoms with Crippen molar-refractivity contribution in [2.24, 2.45) is 0 Å². The number of hydrogen-bond acceptors (Lipinski definition) is 8. The molecule has 0 unspecified atom stereocenters. The minimum absolute atomic E-state index is 0.0489. The van der Waals surface area contributed by atoms with Gasteiger partial charge in [-0.05, 0) is 54.8 Å². The van der Waals surface area contributed by atoms with Gasteiger partial charge in [-0.2, -0.15) is 5.10 Å². The molecule has 0 bridgehead atoms. The number of benzene rings is 2. The number of rotatable bonds is 10. The first-order valence-electron chi connectivity index (χ1n) is 11.3. The molecule has 10 nitrogen and oxygen atoms in total. The van der Waals surface area contributed by atoms with E-state index in [4.69, 9.17) is 14.0 Å². The van der Waals surface area contributed by atoms with Crippen LogP contribution in [-0.4, -0.2) is 56.6 Å². The second kappa shape index (κ2) is 9.21. The van der Waals surface area contributed by atoms with E-state index in [2.05, 4.69) is 15.0 Å². The number of nitrogens with one attached hydrogen (secondary N) is 1. The molecule has 1 aliphatic rings. The molecule has 2 heterocycles. The molecule has 2 aromatic carbocycles. The van der Waals surface area contributed by atoms with E-state index in [1.807, 2.05) is 6.20 Å². The van der Waals surface area contributed by atoms with Crippen LogP contribution in [0.1, 0.15) is 18.4 Å². The first kappa shape index (κ1) is 24.8. The number of hydrogen-bond donors (Lipinski definition) is 1. The van der Waals surface area contributed by atoms with Crippen LogP contribution in [0.5, 0.6) is 11.5 Å². The smallest absolute Gasteiger partial charge is 0.266 e. The van der Waals surface area contributed by atoms with E-state index in [1.165, 1.54) is 38.3 Å². The number of halogens is 2. The Morgan fingerprint density at radius 1 is 1.19 bits per heavy atom. The van der Waals surface area contributed by atoms with Gasteiger partial charge in [0, 0.05) is 25.1 Å². The molecule has 196 valence electrons. The molecule has 0 amide bonds. The van der Waals surface area contributed by atoms with Crippen LogP contribution in [-0.2, 0) is 16.6 Å². The highest BCUT2D eigenvalue weighted by molar-refractivity contribution is 7.92. The van der Waals surface area contributed by atoms with Crippen molar-refractivity contribution >= 4 is 32.5 Å². The Kier molecular flexibility index (Phi) is 6.18. The number of anilines is 2. The molecule has 1 aliphatic carbocycles. The standard InChI is InChI=1S/C24H25F2N5O5S/c1-30(24(7-8-24)23(25)26)16-5-6-17(34-2)20(13-16)37(32,33)29-22-21-18(35-3)11-15(12-19(21)36-28-22)14-31-10-4-9-27-31/h4-6,9-13,23H,7-8,14H2,1-3H3,(H,28,29). The van der Waals surface area contributed by atoms with Gasteiger partial charge in [-0.3, -0.25) is 9.40 Å². The first-order chi connectivity index (χ1) is 17.7. The third kappa shape index (κ3) is 4.43. The molecule has 0 spiro atoms. The van der Waals surface area contributed by atoms with E-state index in [1.54, 1.807) is 35.1 Å². The van der Waals surface area contributed by atoms with Gasteiger partial charge in [0.1, 0.15) is 27.3 Å². The average Bonchev–Trinajstić information content (AvgIpc) is 3.38. The summed E-state index contributed by atoms with van der Waals surface area (Å²) in [5.74, 6) is 0.323. The number of fused-ring (bicyclic) bond motifs is 1. The minimum atomic E-state index is -4.28. The lowest BCUT2D eigenvalue weighted by molar-refractivity contribution is 0.102. The van der Waals surface area contributed by atoms with Crippen LogP contribution in [0.3, 0.4) is 0 Å². The van der Waals surface area contributed by atoms with E-state index >= 15 is 0 Å². The summed E-state index contributed by atoms with van der Waals surface area (Å²) in [6, 6.07) is 9.57. The van der Waals surface area contributed by atoms with Gasteiger partial charge >= 0.3 is 0 Å². The normalized spacial score (nSPS) is 14.6. The van der Waals surface area contributed by atoms with Crippen LogP contribution < -0.4 is 19.1 Å². The van der Waals surface area contributed by atoms with Gasteiger partial charge in [0.2, 0.25) is 0 Å². The first-order valence-corrected chi connectivity index (χ1v) is 12.8. The number of sulfonamides is 1. The lowest BCUT2D eigenvalue weighted by Crippen LogP contribution is -2.40. The molecule has 13 heteroatoms. The predicted octanol–water partition coefficient (Wildman–Crippen LogP) is 4.12. The van der Waals surface area contributed by atoms with Gasteiger partial charge in [-0.15, -0.1) is 0 Å². The number of ether oxygens (including phenoxy) is 2. The maximum Gasteiger partial charge on any atom is 0.266 e. The summed E-state index contributed by atoms with van der Waals surface area (Å²) in [5.41, 5.74) is 0.147. The van der Waals surface area contributed by atoms with Crippen LogP contribution in [0.4, 0.5) is 20.3 Å². The van der Waals surface area contributed by atoms with Gasteiger partial charge in [0.05, 0.1) is 20.8 Å². The molecule has 0 saturated heterocycles. The van der Waals surface area contributed by atoms with E-state index < -0.39 is 22.0 Å². The van der Waals surface area contributed by atoms with Crippen LogP contribution in [0.25, 0.3) is 11.0 Å². The molecule has 1 saturated carbocycles. The fraction of sp³-hybridized carbons (Fsp3) is 0.333. The molecule has 0 aliphatic heterocycles. The molecule has 1 fully saturated rings. The summed E-state index contributed by atoms with van der Waals surface area (Å²) in [6.07, 6.45) is 1.55. The predicted molar refractivity (Wildman–Crippen MR) is 132 cm³/mol. The largest absolute Gasteiger partial charge is 0.496 e. The lowest BCUT2D eigenvalue weighted by atomic mass is 10.1. The van der Waals surface area contributed by atoms with Gasteiger partial charge < -0.3 is 18.9 Å². The third-order valence-corrected chi connectivity index (χ3v) is 7.97. The molecule has 1 N–H and O–H groups in total. The number of nitrogens with zero attached hydrogens (tertiary/aromatic N) is 4.